The van der Waals surface area contributed by atoms with Gasteiger partial charge in [0.1, 0.15) is 0 Å². The molecule has 0 bridgehead atoms. The Morgan fingerprint density at radius 2 is 1.92 bits per heavy atom. The summed E-state index contributed by atoms with van der Waals surface area (Å²) in [6.45, 7) is 7.60. The zero-order valence-electron chi connectivity index (χ0n) is 8.66. The molecule has 0 aliphatic carbocycles. The van der Waals surface area contributed by atoms with Crippen LogP contribution < -0.4 is 0 Å². The molecular formula is C9H18O4. The van der Waals surface area contributed by atoms with E-state index in [1.54, 1.807) is 0 Å². The topological polar surface area (TPSA) is 55.8 Å². The normalized spacial score (nSPS) is 12.1. The SMILES string of the molecule is CC(C)OCCOC(C)(C)C(=O)O. The van der Waals surface area contributed by atoms with Crippen LogP contribution in [0.15, 0.2) is 0 Å². The Balaban J connectivity index is 3.58. The van der Waals surface area contributed by atoms with Gasteiger partial charge in [-0.3, -0.25) is 0 Å². The summed E-state index contributed by atoms with van der Waals surface area (Å²) in [6.07, 6.45) is 0.150. The van der Waals surface area contributed by atoms with Crippen LogP contribution in [0.25, 0.3) is 0 Å². The number of hydrogen-bond donors (Lipinski definition) is 1. The van der Waals surface area contributed by atoms with Crippen molar-refractivity contribution in [2.45, 2.75) is 39.4 Å². The lowest BCUT2D eigenvalue weighted by atomic mass is 10.1. The maximum atomic E-state index is 10.6. The Hall–Kier alpha value is -0.610. The van der Waals surface area contributed by atoms with Gasteiger partial charge in [0.2, 0.25) is 0 Å². The number of rotatable bonds is 6. The van der Waals surface area contributed by atoms with E-state index < -0.39 is 11.6 Å². The van der Waals surface area contributed by atoms with E-state index in [0.29, 0.717) is 13.2 Å². The maximum absolute atomic E-state index is 10.6. The molecule has 0 atom stereocenters. The molecule has 0 amide bonds. The fraction of sp³-hybridized carbons (Fsp3) is 0.889. The van der Waals surface area contributed by atoms with Crippen LogP contribution in [-0.4, -0.2) is 36.0 Å². The maximum Gasteiger partial charge on any atom is 0.335 e. The molecule has 0 aliphatic heterocycles. The number of ether oxygens (including phenoxy) is 2. The van der Waals surface area contributed by atoms with Gasteiger partial charge in [0.15, 0.2) is 5.60 Å². The van der Waals surface area contributed by atoms with Gasteiger partial charge in [-0.05, 0) is 27.7 Å². The highest BCUT2D eigenvalue weighted by Crippen LogP contribution is 2.08. The summed E-state index contributed by atoms with van der Waals surface area (Å²) in [5.74, 6) is -0.961. The first-order valence-corrected chi connectivity index (χ1v) is 4.35. The van der Waals surface area contributed by atoms with Crippen molar-refractivity contribution >= 4 is 5.97 Å². The predicted octanol–water partition coefficient (Wildman–Crippen LogP) is 1.29. The Morgan fingerprint density at radius 3 is 2.31 bits per heavy atom. The zero-order chi connectivity index (χ0) is 10.5. The molecule has 0 aromatic heterocycles. The first-order chi connectivity index (χ1) is 5.86. The summed E-state index contributed by atoms with van der Waals surface area (Å²) in [5, 5.41) is 8.68. The van der Waals surface area contributed by atoms with Crippen LogP contribution in [-0.2, 0) is 14.3 Å². The molecule has 13 heavy (non-hydrogen) atoms. The molecule has 0 rings (SSSR count). The molecule has 4 heteroatoms. The average molecular weight is 190 g/mol. The van der Waals surface area contributed by atoms with Crippen molar-refractivity contribution in [2.75, 3.05) is 13.2 Å². The molecule has 78 valence electrons. The lowest BCUT2D eigenvalue weighted by Gasteiger charge is -2.20. The minimum atomic E-state index is -1.12. The number of carbonyl (C=O) groups is 1. The van der Waals surface area contributed by atoms with Crippen molar-refractivity contribution in [3.05, 3.63) is 0 Å². The van der Waals surface area contributed by atoms with E-state index in [1.165, 1.54) is 13.8 Å². The minimum Gasteiger partial charge on any atom is -0.479 e. The summed E-state index contributed by atoms with van der Waals surface area (Å²) >= 11 is 0. The molecule has 0 aromatic rings. The van der Waals surface area contributed by atoms with Crippen molar-refractivity contribution in [2.24, 2.45) is 0 Å². The Morgan fingerprint density at radius 1 is 1.38 bits per heavy atom. The zero-order valence-corrected chi connectivity index (χ0v) is 8.66. The molecule has 0 heterocycles. The second kappa shape index (κ2) is 5.19. The summed E-state index contributed by atoms with van der Waals surface area (Å²) in [4.78, 5) is 10.6. The van der Waals surface area contributed by atoms with Crippen molar-refractivity contribution < 1.29 is 19.4 Å². The smallest absolute Gasteiger partial charge is 0.335 e. The molecule has 0 saturated carbocycles. The molecule has 1 N–H and O–H groups in total. The van der Waals surface area contributed by atoms with Crippen molar-refractivity contribution in [3.8, 4) is 0 Å². The van der Waals surface area contributed by atoms with E-state index in [1.807, 2.05) is 13.8 Å². The second-order valence-corrected chi connectivity index (χ2v) is 3.58. The Labute approximate surface area is 78.8 Å². The molecule has 0 aliphatic rings. The third-order valence-corrected chi connectivity index (χ3v) is 1.51. The van der Waals surface area contributed by atoms with Gasteiger partial charge in [-0.2, -0.15) is 0 Å². The monoisotopic (exact) mass is 190 g/mol. The van der Waals surface area contributed by atoms with Crippen molar-refractivity contribution in [1.82, 2.24) is 0 Å². The summed E-state index contributed by atoms with van der Waals surface area (Å²) < 4.78 is 10.3. The Kier molecular flexibility index (Phi) is 4.95. The van der Waals surface area contributed by atoms with E-state index in [0.717, 1.165) is 0 Å². The highest BCUT2D eigenvalue weighted by atomic mass is 16.6. The predicted molar refractivity (Wildman–Crippen MR) is 48.8 cm³/mol. The molecule has 4 nitrogen and oxygen atoms in total. The molecule has 0 saturated heterocycles. The van der Waals surface area contributed by atoms with Crippen molar-refractivity contribution in [3.63, 3.8) is 0 Å². The van der Waals surface area contributed by atoms with E-state index >= 15 is 0 Å². The van der Waals surface area contributed by atoms with Crippen molar-refractivity contribution in [1.29, 1.82) is 0 Å². The van der Waals surface area contributed by atoms with Gasteiger partial charge in [0.05, 0.1) is 19.3 Å². The van der Waals surface area contributed by atoms with Crippen LogP contribution in [0.3, 0.4) is 0 Å². The number of carboxylic acids is 1. The third-order valence-electron chi connectivity index (χ3n) is 1.51. The standard InChI is InChI=1S/C9H18O4/c1-7(2)12-5-6-13-9(3,4)8(10)11/h7H,5-6H2,1-4H3,(H,10,11). The summed E-state index contributed by atoms with van der Waals surface area (Å²) in [7, 11) is 0. The highest BCUT2D eigenvalue weighted by molar-refractivity contribution is 5.76. The van der Waals surface area contributed by atoms with Gasteiger partial charge in [0, 0.05) is 0 Å². The van der Waals surface area contributed by atoms with Crippen LogP contribution in [0.4, 0.5) is 0 Å². The first-order valence-electron chi connectivity index (χ1n) is 4.35. The second-order valence-electron chi connectivity index (χ2n) is 3.58. The molecule has 0 aromatic carbocycles. The van der Waals surface area contributed by atoms with Gasteiger partial charge in [0.25, 0.3) is 0 Å². The number of hydrogen-bond acceptors (Lipinski definition) is 3. The van der Waals surface area contributed by atoms with E-state index in [4.69, 9.17) is 14.6 Å². The molecule has 0 spiro atoms. The van der Waals surface area contributed by atoms with E-state index in [2.05, 4.69) is 0 Å². The molecular weight excluding hydrogens is 172 g/mol. The van der Waals surface area contributed by atoms with Gasteiger partial charge in [-0.25, -0.2) is 4.79 Å². The Bertz CT molecular complexity index is 163. The first kappa shape index (κ1) is 12.4. The van der Waals surface area contributed by atoms with Crippen LogP contribution in [0.1, 0.15) is 27.7 Å². The van der Waals surface area contributed by atoms with E-state index in [9.17, 15) is 4.79 Å². The van der Waals surface area contributed by atoms with Gasteiger partial charge < -0.3 is 14.6 Å². The van der Waals surface area contributed by atoms with Gasteiger partial charge in [-0.1, -0.05) is 0 Å². The van der Waals surface area contributed by atoms with Gasteiger partial charge in [-0.15, -0.1) is 0 Å². The molecule has 0 fully saturated rings. The third kappa shape index (κ3) is 5.60. The number of carboxylic acid groups (broad SMARTS) is 1. The lowest BCUT2D eigenvalue weighted by Crippen LogP contribution is -2.35. The molecule has 0 radical (unpaired) electrons. The van der Waals surface area contributed by atoms with Crippen LogP contribution in [0.2, 0.25) is 0 Å². The fourth-order valence-electron chi connectivity index (χ4n) is 0.642. The van der Waals surface area contributed by atoms with Gasteiger partial charge >= 0.3 is 5.97 Å². The van der Waals surface area contributed by atoms with E-state index in [-0.39, 0.29) is 6.10 Å². The minimum absolute atomic E-state index is 0.150. The highest BCUT2D eigenvalue weighted by Gasteiger charge is 2.27. The fourth-order valence-corrected chi connectivity index (χ4v) is 0.642. The lowest BCUT2D eigenvalue weighted by molar-refractivity contribution is -0.163. The average Bonchev–Trinajstić information content (AvgIpc) is 1.97. The van der Waals surface area contributed by atoms with Crippen LogP contribution in [0.5, 0.6) is 0 Å². The quantitative estimate of drug-likeness (QED) is 0.641. The molecule has 0 unspecified atom stereocenters. The summed E-state index contributed by atoms with van der Waals surface area (Å²) in [5.41, 5.74) is -1.12. The summed E-state index contributed by atoms with van der Waals surface area (Å²) in [6, 6.07) is 0. The van der Waals surface area contributed by atoms with Crippen LogP contribution >= 0.6 is 0 Å². The number of aliphatic carboxylic acids is 1. The van der Waals surface area contributed by atoms with Crippen LogP contribution in [0, 0.1) is 0 Å². The largest absolute Gasteiger partial charge is 0.479 e.